The zero-order valence-electron chi connectivity index (χ0n) is 12.2. The molecule has 1 amide bonds. The molecule has 0 bridgehead atoms. The lowest BCUT2D eigenvalue weighted by Gasteiger charge is -2.23. The summed E-state index contributed by atoms with van der Waals surface area (Å²) in [6.07, 6.45) is 4.63. The quantitative estimate of drug-likeness (QED) is 0.705. The van der Waals surface area contributed by atoms with E-state index in [1.807, 2.05) is 19.9 Å². The second kappa shape index (κ2) is 6.97. The summed E-state index contributed by atoms with van der Waals surface area (Å²) in [5, 5.41) is 9.21. The van der Waals surface area contributed by atoms with Crippen LogP contribution in [0.15, 0.2) is 18.5 Å². The minimum atomic E-state index is -0.457. The van der Waals surface area contributed by atoms with Crippen LogP contribution in [-0.2, 0) is 4.79 Å². The number of rotatable bonds is 7. The fourth-order valence-electron chi connectivity index (χ4n) is 1.64. The van der Waals surface area contributed by atoms with Crippen LogP contribution in [0.3, 0.4) is 0 Å². The molecule has 19 heavy (non-hydrogen) atoms. The number of nitrogens with zero attached hydrogens (tertiary/aromatic N) is 1. The maximum Gasteiger partial charge on any atom is 0.227 e. The number of amides is 1. The third-order valence-corrected chi connectivity index (χ3v) is 2.89. The van der Waals surface area contributed by atoms with Gasteiger partial charge in [0.2, 0.25) is 5.91 Å². The second-order valence-corrected chi connectivity index (χ2v) is 5.21. The molecule has 0 saturated heterocycles. The first-order valence-corrected chi connectivity index (χ1v) is 6.64. The van der Waals surface area contributed by atoms with Crippen molar-refractivity contribution < 1.29 is 4.79 Å². The van der Waals surface area contributed by atoms with Crippen LogP contribution in [0.5, 0.6) is 0 Å². The predicted octanol–water partition coefficient (Wildman–Crippen LogP) is 2.09. The van der Waals surface area contributed by atoms with Gasteiger partial charge in [-0.25, -0.2) is 0 Å². The van der Waals surface area contributed by atoms with Gasteiger partial charge < -0.3 is 16.0 Å². The maximum atomic E-state index is 11.7. The zero-order chi connectivity index (χ0) is 14.3. The summed E-state index contributed by atoms with van der Waals surface area (Å²) in [6, 6.07) is 2.00. The SMILES string of the molecule is CCCNc1cncc(NCC(C)(C)C(=O)NC)c1. The summed E-state index contributed by atoms with van der Waals surface area (Å²) in [5.41, 5.74) is 1.45. The van der Waals surface area contributed by atoms with Gasteiger partial charge >= 0.3 is 0 Å². The monoisotopic (exact) mass is 264 g/mol. The van der Waals surface area contributed by atoms with Crippen molar-refractivity contribution >= 4 is 17.3 Å². The Labute approximate surface area is 115 Å². The Bertz CT molecular complexity index is 418. The van der Waals surface area contributed by atoms with E-state index in [9.17, 15) is 4.79 Å². The summed E-state index contributed by atoms with van der Waals surface area (Å²) in [6.45, 7) is 7.42. The molecule has 5 nitrogen and oxygen atoms in total. The molecule has 0 aromatic carbocycles. The van der Waals surface area contributed by atoms with E-state index in [4.69, 9.17) is 0 Å². The summed E-state index contributed by atoms with van der Waals surface area (Å²) in [4.78, 5) is 15.9. The Kier molecular flexibility index (Phi) is 5.60. The van der Waals surface area contributed by atoms with Gasteiger partial charge in [0, 0.05) is 20.1 Å². The van der Waals surface area contributed by atoms with Gasteiger partial charge in [-0.3, -0.25) is 9.78 Å². The Morgan fingerprint density at radius 3 is 2.47 bits per heavy atom. The lowest BCUT2D eigenvalue weighted by Crippen LogP contribution is -2.39. The number of carbonyl (C=O) groups is 1. The topological polar surface area (TPSA) is 66.0 Å². The highest BCUT2D eigenvalue weighted by Crippen LogP contribution is 2.18. The molecule has 0 aliphatic carbocycles. The average Bonchev–Trinajstić information content (AvgIpc) is 2.42. The molecule has 0 aliphatic heterocycles. The van der Waals surface area contributed by atoms with E-state index in [1.54, 1.807) is 19.4 Å². The lowest BCUT2D eigenvalue weighted by atomic mass is 9.92. The summed E-state index contributed by atoms with van der Waals surface area (Å²) in [5.74, 6) is 0.0215. The average molecular weight is 264 g/mol. The van der Waals surface area contributed by atoms with Crippen LogP contribution >= 0.6 is 0 Å². The van der Waals surface area contributed by atoms with Crippen molar-refractivity contribution in [1.82, 2.24) is 10.3 Å². The fourth-order valence-corrected chi connectivity index (χ4v) is 1.64. The van der Waals surface area contributed by atoms with Crippen LogP contribution in [0.2, 0.25) is 0 Å². The summed E-state index contributed by atoms with van der Waals surface area (Å²) < 4.78 is 0. The van der Waals surface area contributed by atoms with Gasteiger partial charge in [0.1, 0.15) is 0 Å². The van der Waals surface area contributed by atoms with Crippen molar-refractivity contribution in [3.63, 3.8) is 0 Å². The molecule has 5 heteroatoms. The van der Waals surface area contributed by atoms with Crippen LogP contribution in [-0.4, -0.2) is 31.0 Å². The highest BCUT2D eigenvalue weighted by molar-refractivity contribution is 5.82. The van der Waals surface area contributed by atoms with Crippen LogP contribution in [0.1, 0.15) is 27.2 Å². The standard InChI is InChI=1S/C14H24N4O/c1-5-6-17-11-7-12(9-16-8-11)18-10-14(2,3)13(19)15-4/h7-9,17-18H,5-6,10H2,1-4H3,(H,15,19). The molecule has 1 aromatic rings. The Morgan fingerprint density at radius 2 is 1.89 bits per heavy atom. The molecule has 0 spiro atoms. The molecular weight excluding hydrogens is 240 g/mol. The summed E-state index contributed by atoms with van der Waals surface area (Å²) in [7, 11) is 1.65. The van der Waals surface area contributed by atoms with Crippen molar-refractivity contribution in [2.75, 3.05) is 30.8 Å². The minimum absolute atomic E-state index is 0.0215. The lowest BCUT2D eigenvalue weighted by molar-refractivity contribution is -0.128. The number of hydrogen-bond acceptors (Lipinski definition) is 4. The van der Waals surface area contributed by atoms with Gasteiger partial charge in [0.25, 0.3) is 0 Å². The van der Waals surface area contributed by atoms with Crippen molar-refractivity contribution in [2.45, 2.75) is 27.2 Å². The zero-order valence-corrected chi connectivity index (χ0v) is 12.2. The Morgan fingerprint density at radius 1 is 1.26 bits per heavy atom. The van der Waals surface area contributed by atoms with Crippen molar-refractivity contribution in [2.24, 2.45) is 5.41 Å². The Hall–Kier alpha value is -1.78. The highest BCUT2D eigenvalue weighted by Gasteiger charge is 2.26. The molecular formula is C14H24N4O. The Balaban J connectivity index is 2.60. The number of carbonyl (C=O) groups excluding carboxylic acids is 1. The molecule has 0 aliphatic rings. The molecule has 0 unspecified atom stereocenters. The van der Waals surface area contributed by atoms with E-state index in [-0.39, 0.29) is 5.91 Å². The molecule has 0 atom stereocenters. The van der Waals surface area contributed by atoms with Gasteiger partial charge in [-0.15, -0.1) is 0 Å². The van der Waals surface area contributed by atoms with E-state index in [2.05, 4.69) is 27.9 Å². The number of aromatic nitrogens is 1. The highest BCUT2D eigenvalue weighted by atomic mass is 16.2. The number of pyridine rings is 1. The van der Waals surface area contributed by atoms with E-state index >= 15 is 0 Å². The molecule has 3 N–H and O–H groups in total. The van der Waals surface area contributed by atoms with Crippen LogP contribution < -0.4 is 16.0 Å². The van der Waals surface area contributed by atoms with E-state index in [1.165, 1.54) is 0 Å². The molecule has 1 aromatic heterocycles. The van der Waals surface area contributed by atoms with Gasteiger partial charge in [0.05, 0.1) is 29.2 Å². The van der Waals surface area contributed by atoms with Gasteiger partial charge in [-0.05, 0) is 26.3 Å². The predicted molar refractivity (Wildman–Crippen MR) is 79.4 cm³/mol. The van der Waals surface area contributed by atoms with E-state index in [0.29, 0.717) is 6.54 Å². The normalized spacial score (nSPS) is 10.9. The number of nitrogens with one attached hydrogen (secondary N) is 3. The van der Waals surface area contributed by atoms with Gasteiger partial charge in [0.15, 0.2) is 0 Å². The van der Waals surface area contributed by atoms with Crippen molar-refractivity contribution in [3.05, 3.63) is 18.5 Å². The van der Waals surface area contributed by atoms with Gasteiger partial charge in [-0.2, -0.15) is 0 Å². The minimum Gasteiger partial charge on any atom is -0.384 e. The number of anilines is 2. The smallest absolute Gasteiger partial charge is 0.227 e. The molecule has 1 heterocycles. The first-order chi connectivity index (χ1) is 8.99. The third kappa shape index (κ3) is 4.77. The van der Waals surface area contributed by atoms with Crippen LogP contribution in [0.25, 0.3) is 0 Å². The van der Waals surface area contributed by atoms with Crippen LogP contribution in [0, 0.1) is 5.41 Å². The van der Waals surface area contributed by atoms with E-state index in [0.717, 1.165) is 24.3 Å². The van der Waals surface area contributed by atoms with Crippen molar-refractivity contribution in [1.29, 1.82) is 0 Å². The third-order valence-electron chi connectivity index (χ3n) is 2.89. The van der Waals surface area contributed by atoms with E-state index < -0.39 is 5.41 Å². The number of hydrogen-bond donors (Lipinski definition) is 3. The molecule has 106 valence electrons. The fraction of sp³-hybridized carbons (Fsp3) is 0.571. The largest absolute Gasteiger partial charge is 0.384 e. The molecule has 1 rings (SSSR count). The first kappa shape index (κ1) is 15.3. The first-order valence-electron chi connectivity index (χ1n) is 6.64. The summed E-state index contributed by atoms with van der Waals surface area (Å²) >= 11 is 0. The molecule has 0 radical (unpaired) electrons. The van der Waals surface area contributed by atoms with Crippen LogP contribution in [0.4, 0.5) is 11.4 Å². The van der Waals surface area contributed by atoms with Gasteiger partial charge in [-0.1, -0.05) is 6.92 Å². The van der Waals surface area contributed by atoms with Crippen molar-refractivity contribution in [3.8, 4) is 0 Å². The molecule has 0 fully saturated rings. The molecule has 0 saturated carbocycles. The second-order valence-electron chi connectivity index (χ2n) is 5.21. The maximum absolute atomic E-state index is 11.7.